The van der Waals surface area contributed by atoms with Crippen LogP contribution in [0.3, 0.4) is 0 Å². The Morgan fingerprint density at radius 2 is 1.50 bits per heavy atom. The highest BCUT2D eigenvalue weighted by atomic mass is 35.5. The van der Waals surface area contributed by atoms with Gasteiger partial charge in [0.05, 0.1) is 22.5 Å². The topological polar surface area (TPSA) is 67.2 Å². The summed E-state index contributed by atoms with van der Waals surface area (Å²) in [6.07, 6.45) is 4.44. The maximum atomic E-state index is 13.6. The third-order valence-corrected chi connectivity index (χ3v) is 6.95. The van der Waals surface area contributed by atoms with Crippen molar-refractivity contribution in [1.82, 2.24) is 14.7 Å². The second-order valence-corrected chi connectivity index (χ2v) is 9.42. The average molecular weight is 499 g/mol. The van der Waals surface area contributed by atoms with E-state index in [-0.39, 0.29) is 5.91 Å². The van der Waals surface area contributed by atoms with Crippen molar-refractivity contribution in [3.63, 3.8) is 0 Å². The third kappa shape index (κ3) is 5.19. The summed E-state index contributed by atoms with van der Waals surface area (Å²) in [4.78, 5) is 28.6. The van der Waals surface area contributed by atoms with Gasteiger partial charge in [-0.2, -0.15) is 5.10 Å². The van der Waals surface area contributed by atoms with Gasteiger partial charge < -0.3 is 10.2 Å². The van der Waals surface area contributed by atoms with Crippen molar-refractivity contribution in [2.24, 2.45) is 5.92 Å². The molecule has 2 heterocycles. The number of nitrogens with one attached hydrogen (secondary N) is 1. The number of para-hydroxylation sites is 1. The van der Waals surface area contributed by atoms with Crippen LogP contribution < -0.4 is 5.32 Å². The van der Waals surface area contributed by atoms with Crippen LogP contribution in [0.15, 0.2) is 91.1 Å². The number of hydrogen-bond donors (Lipinski definition) is 1. The zero-order valence-electron chi connectivity index (χ0n) is 19.8. The van der Waals surface area contributed by atoms with E-state index in [1.165, 1.54) is 11.8 Å². The highest BCUT2D eigenvalue weighted by Crippen LogP contribution is 2.27. The van der Waals surface area contributed by atoms with Gasteiger partial charge >= 0.3 is 0 Å². The van der Waals surface area contributed by atoms with Crippen molar-refractivity contribution in [2.75, 3.05) is 18.4 Å². The fourth-order valence-corrected chi connectivity index (χ4v) is 4.89. The molecule has 0 atom stereocenters. The van der Waals surface area contributed by atoms with E-state index in [4.69, 9.17) is 11.6 Å². The van der Waals surface area contributed by atoms with E-state index in [1.807, 2.05) is 41.3 Å². The number of aromatic nitrogens is 2. The van der Waals surface area contributed by atoms with E-state index in [9.17, 15) is 9.59 Å². The Morgan fingerprint density at radius 3 is 2.19 bits per heavy atom. The molecule has 5 rings (SSSR count). The standard InChI is InChI=1S/C29H27ClN4O2/c30-26-14-8-7-13-24(26)28(35)32-27-25(20-31-34(27)23-11-5-2-6-12-23)29(36)33-17-15-22(16-18-33)19-21-9-3-1-4-10-21/h1-14,20,22H,15-19H2,(H,32,35). The molecule has 1 fully saturated rings. The summed E-state index contributed by atoms with van der Waals surface area (Å²) in [5.74, 6) is 0.351. The van der Waals surface area contributed by atoms with Crippen LogP contribution in [0.25, 0.3) is 5.69 Å². The summed E-state index contributed by atoms with van der Waals surface area (Å²) in [5, 5.41) is 7.71. The zero-order valence-corrected chi connectivity index (χ0v) is 20.6. The van der Waals surface area contributed by atoms with Gasteiger partial charge in [-0.1, -0.05) is 72.3 Å². The Morgan fingerprint density at radius 1 is 0.861 bits per heavy atom. The molecule has 1 aliphatic rings. The first kappa shape index (κ1) is 23.8. The zero-order chi connectivity index (χ0) is 24.9. The molecule has 1 saturated heterocycles. The van der Waals surface area contributed by atoms with Crippen LogP contribution in [0.1, 0.15) is 39.1 Å². The molecule has 0 unspecified atom stereocenters. The highest BCUT2D eigenvalue weighted by Gasteiger charge is 2.28. The largest absolute Gasteiger partial charge is 0.338 e. The van der Waals surface area contributed by atoms with E-state index in [0.29, 0.717) is 41.0 Å². The molecule has 3 aromatic carbocycles. The van der Waals surface area contributed by atoms with Crippen LogP contribution in [0, 0.1) is 5.92 Å². The molecule has 2 amide bonds. The summed E-state index contributed by atoms with van der Waals surface area (Å²) in [5.41, 5.74) is 2.77. The highest BCUT2D eigenvalue weighted by molar-refractivity contribution is 6.34. The van der Waals surface area contributed by atoms with Gasteiger partial charge in [0.25, 0.3) is 11.8 Å². The summed E-state index contributed by atoms with van der Waals surface area (Å²) in [6.45, 7) is 1.34. The second-order valence-electron chi connectivity index (χ2n) is 9.01. The third-order valence-electron chi connectivity index (χ3n) is 6.62. The smallest absolute Gasteiger partial charge is 0.259 e. The number of nitrogens with zero attached hydrogens (tertiary/aromatic N) is 3. The Kier molecular flexibility index (Phi) is 7.14. The van der Waals surface area contributed by atoms with Gasteiger partial charge in [0, 0.05) is 13.1 Å². The van der Waals surface area contributed by atoms with Crippen LogP contribution >= 0.6 is 11.6 Å². The number of carbonyl (C=O) groups excluding carboxylic acids is 2. The number of halogens is 1. The minimum absolute atomic E-state index is 0.134. The molecule has 1 aromatic heterocycles. The molecule has 1 N–H and O–H groups in total. The van der Waals surface area contributed by atoms with Crippen molar-refractivity contribution in [2.45, 2.75) is 19.3 Å². The van der Waals surface area contributed by atoms with Crippen LogP contribution in [0.2, 0.25) is 5.02 Å². The molecule has 1 aliphatic heterocycles. The molecule has 7 heteroatoms. The van der Waals surface area contributed by atoms with Gasteiger partial charge in [-0.05, 0) is 55.0 Å². The van der Waals surface area contributed by atoms with Crippen molar-refractivity contribution in [3.8, 4) is 5.69 Å². The predicted molar refractivity (Wildman–Crippen MR) is 142 cm³/mol. The number of piperidine rings is 1. The molecular weight excluding hydrogens is 472 g/mol. The minimum Gasteiger partial charge on any atom is -0.338 e. The maximum absolute atomic E-state index is 13.6. The van der Waals surface area contributed by atoms with Gasteiger partial charge in [0.2, 0.25) is 0 Å². The minimum atomic E-state index is -0.395. The van der Waals surface area contributed by atoms with Crippen molar-refractivity contribution < 1.29 is 9.59 Å². The van der Waals surface area contributed by atoms with E-state index in [2.05, 4.69) is 34.7 Å². The average Bonchev–Trinajstić information content (AvgIpc) is 3.33. The fraction of sp³-hybridized carbons (Fsp3) is 0.207. The normalized spacial score (nSPS) is 14.0. The molecule has 0 saturated carbocycles. The number of amides is 2. The van der Waals surface area contributed by atoms with Gasteiger partial charge in [0.15, 0.2) is 0 Å². The fourth-order valence-electron chi connectivity index (χ4n) is 4.67. The molecule has 0 bridgehead atoms. The number of hydrogen-bond acceptors (Lipinski definition) is 3. The van der Waals surface area contributed by atoms with E-state index in [1.54, 1.807) is 28.9 Å². The Hall–Kier alpha value is -3.90. The molecule has 36 heavy (non-hydrogen) atoms. The Labute approximate surface area is 215 Å². The number of benzene rings is 3. The first-order chi connectivity index (χ1) is 17.6. The van der Waals surface area contributed by atoms with Crippen molar-refractivity contribution in [1.29, 1.82) is 0 Å². The first-order valence-electron chi connectivity index (χ1n) is 12.1. The number of anilines is 1. The first-order valence-corrected chi connectivity index (χ1v) is 12.5. The number of rotatable bonds is 6. The summed E-state index contributed by atoms with van der Waals surface area (Å²) in [6, 6.07) is 26.7. The summed E-state index contributed by atoms with van der Waals surface area (Å²) < 4.78 is 1.59. The number of likely N-dealkylation sites (tertiary alicyclic amines) is 1. The molecule has 0 aliphatic carbocycles. The molecular formula is C29H27ClN4O2. The second kappa shape index (κ2) is 10.8. The lowest BCUT2D eigenvalue weighted by atomic mass is 9.90. The lowest BCUT2D eigenvalue weighted by Crippen LogP contribution is -2.39. The van der Waals surface area contributed by atoms with Crippen LogP contribution in [-0.4, -0.2) is 39.6 Å². The quantitative estimate of drug-likeness (QED) is 0.361. The van der Waals surface area contributed by atoms with Gasteiger partial charge in [-0.15, -0.1) is 0 Å². The summed E-state index contributed by atoms with van der Waals surface area (Å²) in [7, 11) is 0. The van der Waals surface area contributed by atoms with Crippen molar-refractivity contribution in [3.05, 3.63) is 113 Å². The molecule has 6 nitrogen and oxygen atoms in total. The van der Waals surface area contributed by atoms with Gasteiger partial charge in [-0.25, -0.2) is 4.68 Å². The molecule has 0 radical (unpaired) electrons. The lowest BCUT2D eigenvalue weighted by molar-refractivity contribution is 0.0691. The van der Waals surface area contributed by atoms with E-state index >= 15 is 0 Å². The maximum Gasteiger partial charge on any atom is 0.259 e. The van der Waals surface area contributed by atoms with Crippen molar-refractivity contribution >= 4 is 29.2 Å². The number of carbonyl (C=O) groups is 2. The monoisotopic (exact) mass is 498 g/mol. The molecule has 4 aromatic rings. The summed E-state index contributed by atoms with van der Waals surface area (Å²) >= 11 is 6.25. The van der Waals surface area contributed by atoms with Crippen LogP contribution in [-0.2, 0) is 6.42 Å². The SMILES string of the molecule is O=C(Nc1c(C(=O)N2CCC(Cc3ccccc3)CC2)cnn1-c1ccccc1)c1ccccc1Cl. The Balaban J connectivity index is 1.37. The molecule has 0 spiro atoms. The van der Waals surface area contributed by atoms with E-state index < -0.39 is 5.91 Å². The van der Waals surface area contributed by atoms with E-state index in [0.717, 1.165) is 24.9 Å². The predicted octanol–water partition coefficient (Wildman–Crippen LogP) is 5.87. The van der Waals surface area contributed by atoms with Crippen LogP contribution in [0.5, 0.6) is 0 Å². The van der Waals surface area contributed by atoms with Crippen LogP contribution in [0.4, 0.5) is 5.82 Å². The Bertz CT molecular complexity index is 1350. The van der Waals surface area contributed by atoms with Gasteiger partial charge in [0.1, 0.15) is 11.4 Å². The van der Waals surface area contributed by atoms with Gasteiger partial charge in [-0.3, -0.25) is 9.59 Å². The lowest BCUT2D eigenvalue weighted by Gasteiger charge is -2.32. The molecule has 182 valence electrons.